The predicted octanol–water partition coefficient (Wildman–Crippen LogP) is 3.79. The molecule has 0 aliphatic rings. The first-order valence-corrected chi connectivity index (χ1v) is 7.40. The van der Waals surface area contributed by atoms with E-state index >= 15 is 0 Å². The highest BCUT2D eigenvalue weighted by Crippen LogP contribution is 2.25. The van der Waals surface area contributed by atoms with E-state index in [0.29, 0.717) is 16.7 Å². The Morgan fingerprint density at radius 2 is 2.14 bits per heavy atom. The van der Waals surface area contributed by atoms with Crippen molar-refractivity contribution in [3.63, 3.8) is 0 Å². The Balaban J connectivity index is 1.67. The Morgan fingerprint density at radius 3 is 2.90 bits per heavy atom. The number of aromatic nitrogens is 3. The van der Waals surface area contributed by atoms with Gasteiger partial charge in [0.15, 0.2) is 5.13 Å². The molecule has 0 aliphatic heterocycles. The van der Waals surface area contributed by atoms with Crippen LogP contribution in [0.25, 0.3) is 10.9 Å². The van der Waals surface area contributed by atoms with Crippen LogP contribution in [0.4, 0.5) is 15.6 Å². The number of anilines is 2. The van der Waals surface area contributed by atoms with Gasteiger partial charge in [0.2, 0.25) is 0 Å². The van der Waals surface area contributed by atoms with Crippen LogP contribution >= 0.6 is 11.3 Å². The van der Waals surface area contributed by atoms with Gasteiger partial charge in [-0.05, 0) is 24.1 Å². The number of urea groups is 1. The van der Waals surface area contributed by atoms with Crippen LogP contribution in [0, 0.1) is 0 Å². The van der Waals surface area contributed by atoms with Gasteiger partial charge in [0.1, 0.15) is 0 Å². The fraction of sp³-hybridized carbons (Fsp3) is 0.214. The van der Waals surface area contributed by atoms with Crippen LogP contribution in [0.2, 0.25) is 0 Å². The molecule has 6 nitrogen and oxygen atoms in total. The van der Waals surface area contributed by atoms with Gasteiger partial charge < -0.3 is 5.32 Å². The topological polar surface area (TPSA) is 82.7 Å². The van der Waals surface area contributed by atoms with Crippen molar-refractivity contribution < 1.29 is 4.79 Å². The van der Waals surface area contributed by atoms with E-state index in [1.807, 2.05) is 18.2 Å². The number of nitrogens with zero attached hydrogens (tertiary/aromatic N) is 2. The van der Waals surface area contributed by atoms with Gasteiger partial charge in [0, 0.05) is 22.1 Å². The van der Waals surface area contributed by atoms with Crippen molar-refractivity contribution in [3.05, 3.63) is 35.5 Å². The second-order valence-electron chi connectivity index (χ2n) is 4.97. The van der Waals surface area contributed by atoms with E-state index in [2.05, 4.69) is 39.7 Å². The van der Waals surface area contributed by atoms with Crippen molar-refractivity contribution in [2.24, 2.45) is 0 Å². The molecule has 0 fully saturated rings. The van der Waals surface area contributed by atoms with Gasteiger partial charge in [-0.1, -0.05) is 13.8 Å². The summed E-state index contributed by atoms with van der Waals surface area (Å²) in [4.78, 5) is 17.3. The molecule has 0 aliphatic carbocycles. The van der Waals surface area contributed by atoms with Crippen LogP contribution in [0.1, 0.15) is 24.6 Å². The maximum atomic E-state index is 12.0. The van der Waals surface area contributed by atoms with E-state index in [-0.39, 0.29) is 6.03 Å². The number of aromatic amines is 1. The third kappa shape index (κ3) is 3.03. The van der Waals surface area contributed by atoms with E-state index < -0.39 is 0 Å². The number of thiazole rings is 1. The molecule has 2 aromatic heterocycles. The number of hydrogen-bond acceptors (Lipinski definition) is 4. The highest BCUT2D eigenvalue weighted by Gasteiger charge is 2.09. The van der Waals surface area contributed by atoms with Crippen LogP contribution in [0.15, 0.2) is 30.6 Å². The lowest BCUT2D eigenvalue weighted by Gasteiger charge is -2.05. The number of nitrogens with one attached hydrogen (secondary N) is 3. The maximum absolute atomic E-state index is 12.0. The minimum atomic E-state index is -0.307. The molecule has 3 rings (SSSR count). The largest absolute Gasteiger partial charge is 0.325 e. The molecule has 7 heteroatoms. The van der Waals surface area contributed by atoms with Gasteiger partial charge in [-0.3, -0.25) is 10.4 Å². The first kappa shape index (κ1) is 13.6. The summed E-state index contributed by atoms with van der Waals surface area (Å²) >= 11 is 1.48. The van der Waals surface area contributed by atoms with Crippen LogP contribution < -0.4 is 10.6 Å². The monoisotopic (exact) mass is 301 g/mol. The van der Waals surface area contributed by atoms with Gasteiger partial charge in [-0.25, -0.2) is 9.78 Å². The fourth-order valence-electron chi connectivity index (χ4n) is 1.89. The summed E-state index contributed by atoms with van der Waals surface area (Å²) in [5.74, 6) is 0.406. The summed E-state index contributed by atoms with van der Waals surface area (Å²) in [6.07, 6.45) is 3.53. The van der Waals surface area contributed by atoms with E-state index in [0.717, 1.165) is 15.8 Å². The molecule has 1 aromatic carbocycles. The molecular formula is C14H15N5OS. The minimum Gasteiger partial charge on any atom is -0.308 e. The number of amides is 2. The molecule has 108 valence electrons. The Kier molecular flexibility index (Phi) is 3.57. The maximum Gasteiger partial charge on any atom is 0.325 e. The van der Waals surface area contributed by atoms with E-state index in [9.17, 15) is 4.79 Å². The van der Waals surface area contributed by atoms with E-state index in [4.69, 9.17) is 0 Å². The standard InChI is InChI=1S/C14H15N5OS/c1-8(2)12-7-15-14(21-12)18-13(20)17-10-4-3-9-6-16-19-11(9)5-10/h3-8H,1-2H3,(H,16,19)(H2,15,17,18,20). The normalized spacial score (nSPS) is 11.0. The Labute approximate surface area is 125 Å². The van der Waals surface area contributed by atoms with E-state index in [1.165, 1.54) is 11.3 Å². The molecule has 2 amide bonds. The highest BCUT2D eigenvalue weighted by molar-refractivity contribution is 7.15. The first-order chi connectivity index (χ1) is 10.1. The van der Waals surface area contributed by atoms with Crippen LogP contribution in [-0.2, 0) is 0 Å². The molecule has 0 saturated heterocycles. The second-order valence-corrected chi connectivity index (χ2v) is 6.04. The average Bonchev–Trinajstić information content (AvgIpc) is 3.06. The lowest BCUT2D eigenvalue weighted by Crippen LogP contribution is -2.19. The summed E-state index contributed by atoms with van der Waals surface area (Å²) in [5.41, 5.74) is 1.58. The van der Waals surface area contributed by atoms with Crippen molar-refractivity contribution in [1.29, 1.82) is 0 Å². The summed E-state index contributed by atoms with van der Waals surface area (Å²) < 4.78 is 0. The number of carbonyl (C=O) groups excluding carboxylic acids is 1. The van der Waals surface area contributed by atoms with Crippen molar-refractivity contribution in [2.75, 3.05) is 10.6 Å². The zero-order valence-corrected chi connectivity index (χ0v) is 12.5. The zero-order chi connectivity index (χ0) is 14.8. The van der Waals surface area contributed by atoms with Crippen LogP contribution in [0.3, 0.4) is 0 Å². The minimum absolute atomic E-state index is 0.307. The van der Waals surface area contributed by atoms with Crippen molar-refractivity contribution >= 4 is 39.1 Å². The van der Waals surface area contributed by atoms with Gasteiger partial charge in [-0.2, -0.15) is 5.10 Å². The average molecular weight is 301 g/mol. The molecule has 3 N–H and O–H groups in total. The molecule has 2 heterocycles. The first-order valence-electron chi connectivity index (χ1n) is 6.58. The van der Waals surface area contributed by atoms with Crippen LogP contribution in [0.5, 0.6) is 0 Å². The van der Waals surface area contributed by atoms with Crippen molar-refractivity contribution in [1.82, 2.24) is 15.2 Å². The summed E-state index contributed by atoms with van der Waals surface area (Å²) in [7, 11) is 0. The Hall–Kier alpha value is -2.41. The summed E-state index contributed by atoms with van der Waals surface area (Å²) in [5, 5.41) is 13.9. The van der Waals surface area contributed by atoms with Crippen molar-refractivity contribution in [3.8, 4) is 0 Å². The second kappa shape index (κ2) is 5.53. The number of rotatable bonds is 3. The highest BCUT2D eigenvalue weighted by atomic mass is 32.1. The third-order valence-electron chi connectivity index (χ3n) is 3.01. The zero-order valence-electron chi connectivity index (χ0n) is 11.7. The molecular weight excluding hydrogens is 286 g/mol. The molecule has 0 spiro atoms. The smallest absolute Gasteiger partial charge is 0.308 e. The number of hydrogen-bond donors (Lipinski definition) is 3. The van der Waals surface area contributed by atoms with Gasteiger partial charge in [-0.15, -0.1) is 11.3 Å². The van der Waals surface area contributed by atoms with Gasteiger partial charge >= 0.3 is 6.03 Å². The predicted molar refractivity (Wildman–Crippen MR) is 84.9 cm³/mol. The molecule has 21 heavy (non-hydrogen) atoms. The Morgan fingerprint density at radius 1 is 1.29 bits per heavy atom. The quantitative estimate of drug-likeness (QED) is 0.688. The number of fused-ring (bicyclic) bond motifs is 1. The molecule has 0 unspecified atom stereocenters. The lowest BCUT2D eigenvalue weighted by molar-refractivity contribution is 0.262. The molecule has 0 saturated carbocycles. The third-order valence-corrected chi connectivity index (χ3v) is 4.23. The fourth-order valence-corrected chi connectivity index (χ4v) is 2.70. The number of carbonyl (C=O) groups is 1. The molecule has 0 bridgehead atoms. The summed E-state index contributed by atoms with van der Waals surface area (Å²) in [6, 6.07) is 5.26. The molecule has 3 aromatic rings. The van der Waals surface area contributed by atoms with Gasteiger partial charge in [0.05, 0.1) is 11.7 Å². The molecule has 0 radical (unpaired) electrons. The van der Waals surface area contributed by atoms with E-state index in [1.54, 1.807) is 12.4 Å². The molecule has 0 atom stereocenters. The van der Waals surface area contributed by atoms with Gasteiger partial charge in [0.25, 0.3) is 0 Å². The number of H-pyrrole nitrogens is 1. The summed E-state index contributed by atoms with van der Waals surface area (Å²) in [6.45, 7) is 4.19. The van der Waals surface area contributed by atoms with Crippen LogP contribution in [-0.4, -0.2) is 21.2 Å². The SMILES string of the molecule is CC(C)c1cnc(NC(=O)Nc2ccc3cn[nH]c3c2)s1. The van der Waals surface area contributed by atoms with Crippen molar-refractivity contribution in [2.45, 2.75) is 19.8 Å². The Bertz CT molecular complexity index is 776. The number of benzene rings is 1. The lowest BCUT2D eigenvalue weighted by atomic mass is 10.2.